The minimum Gasteiger partial charge on any atom is -1.00 e. The molecule has 0 aromatic carbocycles. The highest BCUT2D eigenvalue weighted by molar-refractivity contribution is 5.23. The minimum absolute atomic E-state index is 0. The van der Waals surface area contributed by atoms with Crippen LogP contribution in [0.25, 0.3) is 12.4 Å². The summed E-state index contributed by atoms with van der Waals surface area (Å²) in [6, 6.07) is 0. The van der Waals surface area contributed by atoms with Crippen molar-refractivity contribution < 1.29 is 21.5 Å². The van der Waals surface area contributed by atoms with Crippen LogP contribution < -0.4 is 21.5 Å². The fraction of sp³-hybridized carbons (Fsp3) is 0.500. The first-order valence-corrected chi connectivity index (χ1v) is 6.21. The van der Waals surface area contributed by atoms with E-state index in [1.54, 1.807) is 0 Å². The highest BCUT2D eigenvalue weighted by atomic mass is 79.9. The number of rotatable bonds is 6. The lowest BCUT2D eigenvalue weighted by atomic mass is 10.3. The van der Waals surface area contributed by atoms with Crippen LogP contribution in [0.4, 0.5) is 0 Å². The molecule has 96 valence electrons. The molecule has 1 aromatic rings. The number of unbranched alkanes of at least 4 members (excludes halogenated alkanes) is 2. The molecule has 0 saturated heterocycles. The topological polar surface area (TPSA) is 8.81 Å². The van der Waals surface area contributed by atoms with Crippen LogP contribution in [0.2, 0.25) is 0 Å². The van der Waals surface area contributed by atoms with Crippen LogP contribution in [0.3, 0.4) is 0 Å². The van der Waals surface area contributed by atoms with E-state index in [2.05, 4.69) is 66.9 Å². The van der Waals surface area contributed by atoms with Crippen molar-refractivity contribution >= 4 is 12.4 Å². The predicted octanol–water partition coefficient (Wildman–Crippen LogP) is 0.630. The van der Waals surface area contributed by atoms with Crippen molar-refractivity contribution in [2.75, 3.05) is 0 Å². The van der Waals surface area contributed by atoms with Gasteiger partial charge in [-0.3, -0.25) is 0 Å². The Labute approximate surface area is 115 Å². The third-order valence-corrected chi connectivity index (χ3v) is 2.58. The molecule has 3 heteroatoms. The van der Waals surface area contributed by atoms with Gasteiger partial charge in [-0.05, 0) is 25.0 Å². The first-order chi connectivity index (χ1) is 7.79. The Balaban J connectivity index is 0.00000256. The molecule has 2 nitrogen and oxygen atoms in total. The number of aromatic nitrogens is 2. The molecule has 0 atom stereocenters. The van der Waals surface area contributed by atoms with Crippen molar-refractivity contribution in [1.29, 1.82) is 0 Å². The van der Waals surface area contributed by atoms with Crippen LogP contribution in [0.5, 0.6) is 0 Å². The average molecular weight is 299 g/mol. The van der Waals surface area contributed by atoms with Crippen LogP contribution in [-0.2, 0) is 0 Å². The Bertz CT molecular complexity index is 331. The van der Waals surface area contributed by atoms with E-state index in [1.165, 1.54) is 18.7 Å². The number of imidazole rings is 1. The molecule has 0 radical (unpaired) electrons. The lowest BCUT2D eigenvalue weighted by Crippen LogP contribution is -3.00. The van der Waals surface area contributed by atoms with Crippen molar-refractivity contribution in [3.05, 3.63) is 30.4 Å². The van der Waals surface area contributed by atoms with E-state index in [-0.39, 0.29) is 17.0 Å². The van der Waals surface area contributed by atoms with Crippen molar-refractivity contribution in [3.8, 4) is 0 Å². The van der Waals surface area contributed by atoms with Crippen molar-refractivity contribution in [2.24, 2.45) is 0 Å². The van der Waals surface area contributed by atoms with E-state index < -0.39 is 0 Å². The summed E-state index contributed by atoms with van der Waals surface area (Å²) in [5.41, 5.74) is 0. The lowest BCUT2D eigenvalue weighted by Gasteiger charge is -1.91. The molecule has 0 N–H and O–H groups in total. The standard InChI is InChI=1S/C14H23N2.BrH/c1-4-6-8-10-15-12-13-16(14(15)3)11-9-7-5-2;/h8-13H,4-7H2,1-3H3;1H/q+1;/p-1. The van der Waals surface area contributed by atoms with E-state index in [0.717, 1.165) is 12.8 Å². The molecule has 0 saturated carbocycles. The van der Waals surface area contributed by atoms with Gasteiger partial charge in [0.1, 0.15) is 12.4 Å². The van der Waals surface area contributed by atoms with Crippen LogP contribution in [0.1, 0.15) is 45.4 Å². The van der Waals surface area contributed by atoms with Gasteiger partial charge >= 0.3 is 0 Å². The molecule has 17 heavy (non-hydrogen) atoms. The third-order valence-electron chi connectivity index (χ3n) is 2.58. The summed E-state index contributed by atoms with van der Waals surface area (Å²) in [5, 5.41) is 0. The summed E-state index contributed by atoms with van der Waals surface area (Å²) in [6.07, 6.45) is 17.6. The van der Waals surface area contributed by atoms with Gasteiger partial charge in [-0.25, -0.2) is 9.13 Å². The summed E-state index contributed by atoms with van der Waals surface area (Å²) in [7, 11) is 0. The average Bonchev–Trinajstić information content (AvgIpc) is 2.62. The number of hydrogen-bond acceptors (Lipinski definition) is 0. The van der Waals surface area contributed by atoms with Crippen molar-refractivity contribution in [1.82, 2.24) is 4.57 Å². The van der Waals surface area contributed by atoms with Crippen LogP contribution in [0.15, 0.2) is 24.5 Å². The van der Waals surface area contributed by atoms with Gasteiger partial charge in [0.2, 0.25) is 0 Å². The Morgan fingerprint density at radius 2 is 1.82 bits per heavy atom. The molecule has 1 rings (SSSR count). The third kappa shape index (κ3) is 5.35. The van der Waals surface area contributed by atoms with Crippen LogP contribution in [-0.4, -0.2) is 4.57 Å². The van der Waals surface area contributed by atoms with E-state index in [9.17, 15) is 0 Å². The Morgan fingerprint density at radius 1 is 1.18 bits per heavy atom. The molecule has 0 aliphatic rings. The molecule has 0 amide bonds. The zero-order chi connectivity index (χ0) is 11.8. The molecular weight excluding hydrogens is 276 g/mol. The van der Waals surface area contributed by atoms with Gasteiger partial charge in [-0.15, -0.1) is 0 Å². The number of hydrogen-bond donors (Lipinski definition) is 0. The van der Waals surface area contributed by atoms with E-state index in [4.69, 9.17) is 0 Å². The second-order valence-electron chi connectivity index (χ2n) is 4.01. The summed E-state index contributed by atoms with van der Waals surface area (Å²) in [4.78, 5) is 0. The zero-order valence-corrected chi connectivity index (χ0v) is 12.7. The second-order valence-corrected chi connectivity index (χ2v) is 4.01. The predicted molar refractivity (Wildman–Crippen MR) is 69.8 cm³/mol. The Kier molecular flexibility index (Phi) is 8.78. The highest BCUT2D eigenvalue weighted by Crippen LogP contribution is 1.98. The maximum Gasteiger partial charge on any atom is 0.262 e. The molecule has 0 aliphatic carbocycles. The Hall–Kier alpha value is -0.830. The van der Waals surface area contributed by atoms with Crippen LogP contribution >= 0.6 is 0 Å². The summed E-state index contributed by atoms with van der Waals surface area (Å²) in [5.74, 6) is 1.24. The molecule has 0 fully saturated rings. The summed E-state index contributed by atoms with van der Waals surface area (Å²) < 4.78 is 4.32. The van der Waals surface area contributed by atoms with Crippen molar-refractivity contribution in [3.63, 3.8) is 0 Å². The van der Waals surface area contributed by atoms with Crippen LogP contribution in [0, 0.1) is 6.92 Å². The fourth-order valence-corrected chi connectivity index (χ4v) is 1.52. The van der Waals surface area contributed by atoms with Gasteiger partial charge in [-0.1, -0.05) is 26.7 Å². The molecule has 0 unspecified atom stereocenters. The number of nitrogens with zero attached hydrogens (tertiary/aromatic N) is 2. The SMILES string of the molecule is CCCC=Cn1cc[n+](C=CCCC)c1C.[Br-]. The summed E-state index contributed by atoms with van der Waals surface area (Å²) >= 11 is 0. The molecule has 0 bridgehead atoms. The van der Waals surface area contributed by atoms with E-state index >= 15 is 0 Å². The molecule has 0 spiro atoms. The van der Waals surface area contributed by atoms with Gasteiger partial charge in [-0.2, -0.15) is 0 Å². The number of allylic oxidation sites excluding steroid dienone is 2. The smallest absolute Gasteiger partial charge is 0.262 e. The normalized spacial score (nSPS) is 11.2. The van der Waals surface area contributed by atoms with E-state index in [1.807, 2.05) is 0 Å². The number of halogens is 1. The molecule has 1 heterocycles. The maximum absolute atomic E-state index is 2.22. The Morgan fingerprint density at radius 3 is 2.47 bits per heavy atom. The summed E-state index contributed by atoms with van der Waals surface area (Å²) in [6.45, 7) is 6.52. The zero-order valence-electron chi connectivity index (χ0n) is 11.1. The fourth-order valence-electron chi connectivity index (χ4n) is 1.52. The minimum atomic E-state index is 0. The second kappa shape index (κ2) is 9.23. The first-order valence-electron chi connectivity index (χ1n) is 6.21. The van der Waals surface area contributed by atoms with Gasteiger partial charge in [0.25, 0.3) is 5.82 Å². The van der Waals surface area contributed by atoms with Gasteiger partial charge in [0.15, 0.2) is 0 Å². The molecule has 0 aliphatic heterocycles. The van der Waals surface area contributed by atoms with Gasteiger partial charge in [0, 0.05) is 6.92 Å². The van der Waals surface area contributed by atoms with Gasteiger partial charge < -0.3 is 17.0 Å². The molecule has 1 aromatic heterocycles. The van der Waals surface area contributed by atoms with E-state index in [0.29, 0.717) is 0 Å². The highest BCUT2D eigenvalue weighted by Gasteiger charge is 2.06. The lowest BCUT2D eigenvalue weighted by molar-refractivity contribution is -0.574. The monoisotopic (exact) mass is 298 g/mol. The van der Waals surface area contributed by atoms with Crippen molar-refractivity contribution in [2.45, 2.75) is 46.5 Å². The maximum atomic E-state index is 2.22. The van der Waals surface area contributed by atoms with Gasteiger partial charge in [0.05, 0.1) is 12.4 Å². The first kappa shape index (κ1) is 16.2. The largest absolute Gasteiger partial charge is 1.00 e. The molecular formula is C14H23BrN2. The quantitative estimate of drug-likeness (QED) is 0.681.